The predicted molar refractivity (Wildman–Crippen MR) is 84.7 cm³/mol. The fraction of sp³-hybridized carbons (Fsp3) is 0.625. The van der Waals surface area contributed by atoms with Crippen molar-refractivity contribution < 1.29 is 19.0 Å². The maximum atomic E-state index is 11.3. The van der Waals surface area contributed by atoms with E-state index in [1.807, 2.05) is 19.9 Å². The first-order valence-corrected chi connectivity index (χ1v) is 7.43. The van der Waals surface area contributed by atoms with Crippen molar-refractivity contribution in [3.8, 4) is 11.6 Å². The topological polar surface area (TPSA) is 83.7 Å². The number of rotatable bonds is 10. The highest BCUT2D eigenvalue weighted by Crippen LogP contribution is 2.28. The number of nitrogens with two attached hydrogens (primary N) is 1. The molecule has 6 nitrogen and oxygen atoms in total. The molecule has 0 saturated carbocycles. The molecule has 0 spiro atoms. The van der Waals surface area contributed by atoms with Crippen LogP contribution in [0.25, 0.3) is 0 Å². The van der Waals surface area contributed by atoms with Gasteiger partial charge in [-0.2, -0.15) is 0 Å². The van der Waals surface area contributed by atoms with E-state index in [9.17, 15) is 4.79 Å². The average molecular weight is 310 g/mol. The normalized spacial score (nSPS) is 13.5. The minimum atomic E-state index is 0.0349. The first-order chi connectivity index (χ1) is 10.5. The molecule has 0 radical (unpaired) electrons. The van der Waals surface area contributed by atoms with E-state index in [2.05, 4.69) is 4.98 Å². The van der Waals surface area contributed by atoms with E-state index in [0.29, 0.717) is 37.0 Å². The lowest BCUT2D eigenvalue weighted by atomic mass is 9.94. The molecule has 0 fully saturated rings. The summed E-state index contributed by atoms with van der Waals surface area (Å²) in [7, 11) is 3.15. The third kappa shape index (κ3) is 5.27. The molecule has 1 heterocycles. The number of hydrogen-bond donors (Lipinski definition) is 1. The summed E-state index contributed by atoms with van der Waals surface area (Å²) in [6, 6.07) is 1.86. The number of methoxy groups -OCH3 is 2. The average Bonchev–Trinajstić information content (AvgIpc) is 2.51. The third-order valence-corrected chi connectivity index (χ3v) is 3.56. The molecule has 6 heteroatoms. The van der Waals surface area contributed by atoms with Crippen LogP contribution < -0.4 is 15.2 Å². The largest absolute Gasteiger partial charge is 0.488 e. The van der Waals surface area contributed by atoms with E-state index >= 15 is 0 Å². The Hall–Kier alpha value is -1.66. The van der Waals surface area contributed by atoms with Gasteiger partial charge in [0.05, 0.1) is 13.7 Å². The van der Waals surface area contributed by atoms with Crippen molar-refractivity contribution in [1.82, 2.24) is 4.98 Å². The van der Waals surface area contributed by atoms with E-state index < -0.39 is 0 Å². The Kier molecular flexibility index (Phi) is 7.84. The lowest BCUT2D eigenvalue weighted by Gasteiger charge is -2.18. The summed E-state index contributed by atoms with van der Waals surface area (Å²) in [5.41, 5.74) is 7.10. The van der Waals surface area contributed by atoms with Crippen molar-refractivity contribution in [1.29, 1.82) is 0 Å². The summed E-state index contributed by atoms with van der Waals surface area (Å²) in [6.45, 7) is 5.11. The van der Waals surface area contributed by atoms with Gasteiger partial charge >= 0.3 is 0 Å². The van der Waals surface area contributed by atoms with Crippen LogP contribution in [0.4, 0.5) is 0 Å². The van der Waals surface area contributed by atoms with Gasteiger partial charge in [0.1, 0.15) is 5.69 Å². The zero-order valence-electron chi connectivity index (χ0n) is 13.8. The molecular formula is C16H26N2O4. The van der Waals surface area contributed by atoms with Gasteiger partial charge in [0.2, 0.25) is 0 Å². The Labute approximate surface area is 132 Å². The van der Waals surface area contributed by atoms with Crippen LogP contribution in [0.1, 0.15) is 36.3 Å². The highest BCUT2D eigenvalue weighted by molar-refractivity contribution is 5.75. The van der Waals surface area contributed by atoms with Crippen LogP contribution in [-0.2, 0) is 11.2 Å². The minimum Gasteiger partial charge on any atom is -0.488 e. The predicted octanol–water partition coefficient (Wildman–Crippen LogP) is 1.84. The highest BCUT2D eigenvalue weighted by atomic mass is 16.5. The molecule has 1 aromatic heterocycles. The fourth-order valence-electron chi connectivity index (χ4n) is 1.96. The van der Waals surface area contributed by atoms with E-state index in [1.165, 1.54) is 7.11 Å². The summed E-state index contributed by atoms with van der Waals surface area (Å²) in [5, 5.41) is 0. The number of aromatic nitrogens is 1. The van der Waals surface area contributed by atoms with Crippen LogP contribution >= 0.6 is 0 Å². The van der Waals surface area contributed by atoms with Crippen LogP contribution in [0.2, 0.25) is 0 Å². The van der Waals surface area contributed by atoms with Gasteiger partial charge < -0.3 is 19.9 Å². The SMILES string of the molecule is COCCCOc1cc(C[C@@H](C)[C@H](C)N)c(C=O)nc1OC. The van der Waals surface area contributed by atoms with Crippen LogP contribution in [0.3, 0.4) is 0 Å². The lowest BCUT2D eigenvalue weighted by molar-refractivity contribution is 0.111. The highest BCUT2D eigenvalue weighted by Gasteiger charge is 2.17. The number of carbonyl (C=O) groups is 1. The number of aldehydes is 1. The van der Waals surface area contributed by atoms with Crippen molar-refractivity contribution >= 4 is 6.29 Å². The molecule has 2 atom stereocenters. The summed E-state index contributed by atoms with van der Waals surface area (Å²) >= 11 is 0. The van der Waals surface area contributed by atoms with Gasteiger partial charge in [0, 0.05) is 26.2 Å². The number of hydrogen-bond acceptors (Lipinski definition) is 6. The summed E-state index contributed by atoms with van der Waals surface area (Å²) in [5.74, 6) is 1.09. The van der Waals surface area contributed by atoms with Gasteiger partial charge in [-0.05, 0) is 30.9 Å². The third-order valence-electron chi connectivity index (χ3n) is 3.56. The monoisotopic (exact) mass is 310 g/mol. The second-order valence-electron chi connectivity index (χ2n) is 5.39. The quantitative estimate of drug-likeness (QED) is 0.524. The molecular weight excluding hydrogens is 284 g/mol. The number of nitrogens with zero attached hydrogens (tertiary/aromatic N) is 1. The van der Waals surface area contributed by atoms with Crippen LogP contribution in [0, 0.1) is 5.92 Å². The second-order valence-corrected chi connectivity index (χ2v) is 5.39. The first kappa shape index (κ1) is 18.4. The number of carbonyl (C=O) groups excluding carboxylic acids is 1. The molecule has 22 heavy (non-hydrogen) atoms. The standard InChI is InChI=1S/C16H26N2O4/c1-11(12(2)17)8-13-9-15(22-7-5-6-20-3)16(21-4)18-14(13)10-19/h9-12H,5-8,17H2,1-4H3/t11-,12+/m1/s1. The molecule has 0 bridgehead atoms. The van der Waals surface area contributed by atoms with Gasteiger partial charge in [0.15, 0.2) is 12.0 Å². The number of pyridine rings is 1. The van der Waals surface area contributed by atoms with E-state index in [-0.39, 0.29) is 12.0 Å². The Morgan fingerprint density at radius 1 is 1.32 bits per heavy atom. The van der Waals surface area contributed by atoms with Gasteiger partial charge in [-0.1, -0.05) is 6.92 Å². The zero-order valence-corrected chi connectivity index (χ0v) is 13.8. The molecule has 0 saturated heterocycles. The molecule has 124 valence electrons. The molecule has 0 amide bonds. The van der Waals surface area contributed by atoms with Crippen molar-refractivity contribution in [2.45, 2.75) is 32.7 Å². The smallest absolute Gasteiger partial charge is 0.257 e. The number of ether oxygens (including phenoxy) is 3. The molecule has 0 aromatic carbocycles. The van der Waals surface area contributed by atoms with Crippen LogP contribution in [-0.4, -0.2) is 44.7 Å². The summed E-state index contributed by atoms with van der Waals surface area (Å²) < 4.78 is 15.9. The van der Waals surface area contributed by atoms with E-state index in [0.717, 1.165) is 18.3 Å². The minimum absolute atomic E-state index is 0.0349. The maximum Gasteiger partial charge on any atom is 0.257 e. The van der Waals surface area contributed by atoms with Crippen molar-refractivity contribution in [3.63, 3.8) is 0 Å². The molecule has 1 aromatic rings. The Morgan fingerprint density at radius 2 is 2.05 bits per heavy atom. The van der Waals surface area contributed by atoms with Gasteiger partial charge in [-0.25, -0.2) is 4.98 Å². The van der Waals surface area contributed by atoms with Crippen LogP contribution in [0.5, 0.6) is 11.6 Å². The molecule has 0 aliphatic rings. The Bertz CT molecular complexity index is 477. The molecule has 0 unspecified atom stereocenters. The van der Waals surface area contributed by atoms with E-state index in [4.69, 9.17) is 19.9 Å². The van der Waals surface area contributed by atoms with Crippen LogP contribution in [0.15, 0.2) is 6.07 Å². The molecule has 0 aliphatic heterocycles. The molecule has 2 N–H and O–H groups in total. The van der Waals surface area contributed by atoms with Gasteiger partial charge in [0.25, 0.3) is 5.88 Å². The zero-order chi connectivity index (χ0) is 16.5. The van der Waals surface area contributed by atoms with E-state index in [1.54, 1.807) is 7.11 Å². The maximum absolute atomic E-state index is 11.3. The first-order valence-electron chi connectivity index (χ1n) is 7.43. The summed E-state index contributed by atoms with van der Waals surface area (Å²) in [4.78, 5) is 15.5. The summed E-state index contributed by atoms with van der Waals surface area (Å²) in [6.07, 6.45) is 2.16. The van der Waals surface area contributed by atoms with Crippen molar-refractivity contribution in [2.75, 3.05) is 27.4 Å². The fourth-order valence-corrected chi connectivity index (χ4v) is 1.96. The Balaban J connectivity index is 2.96. The Morgan fingerprint density at radius 3 is 2.59 bits per heavy atom. The van der Waals surface area contributed by atoms with Gasteiger partial charge in [-0.3, -0.25) is 4.79 Å². The van der Waals surface area contributed by atoms with Crippen molar-refractivity contribution in [2.24, 2.45) is 11.7 Å². The molecule has 1 rings (SSSR count). The second kappa shape index (κ2) is 9.38. The van der Waals surface area contributed by atoms with Gasteiger partial charge in [-0.15, -0.1) is 0 Å². The van der Waals surface area contributed by atoms with Crippen molar-refractivity contribution in [3.05, 3.63) is 17.3 Å². The molecule has 0 aliphatic carbocycles. The lowest BCUT2D eigenvalue weighted by Crippen LogP contribution is -2.26.